The van der Waals surface area contributed by atoms with Gasteiger partial charge in [-0.1, -0.05) is 72.8 Å². The fraction of sp³-hybridized carbons (Fsp3) is 0.294. The smallest absolute Gasteiger partial charge is 0.338 e. The zero-order chi connectivity index (χ0) is 31.9. The molecule has 3 aromatic rings. The van der Waals surface area contributed by atoms with Crippen LogP contribution in [0.2, 0.25) is 0 Å². The zero-order valence-electron chi connectivity index (χ0n) is 25.3. The lowest BCUT2D eigenvalue weighted by Crippen LogP contribution is -2.48. The molecule has 0 aliphatic carbocycles. The van der Waals surface area contributed by atoms with E-state index in [0.717, 1.165) is 26.2 Å². The lowest BCUT2D eigenvalue weighted by molar-refractivity contribution is -0.384. The van der Waals surface area contributed by atoms with Crippen molar-refractivity contribution in [3.05, 3.63) is 134 Å². The molecule has 0 radical (unpaired) electrons. The number of nitrogens with two attached hydrogens (primary N) is 1. The Morgan fingerprint density at radius 1 is 0.933 bits per heavy atom. The number of nitro benzene ring substituents is 1. The van der Waals surface area contributed by atoms with Crippen molar-refractivity contribution in [2.45, 2.75) is 18.9 Å². The number of non-ortho nitro benzene ring substituents is 1. The molecule has 1 unspecified atom stereocenters. The number of nitrogens with one attached hydrogen (secondary N) is 1. The molecular weight excluding hydrogens is 574 g/mol. The number of carbonyl (C=O) groups excluding carboxylic acids is 2. The number of hydrogen-bond donors (Lipinski definition) is 2. The Bertz CT molecular complexity index is 1560. The predicted molar refractivity (Wildman–Crippen MR) is 169 cm³/mol. The van der Waals surface area contributed by atoms with E-state index in [9.17, 15) is 19.7 Å². The highest BCUT2D eigenvalue weighted by atomic mass is 16.6. The van der Waals surface area contributed by atoms with E-state index in [-0.39, 0.29) is 35.3 Å². The molecule has 1 saturated heterocycles. The van der Waals surface area contributed by atoms with E-state index in [2.05, 4.69) is 63.6 Å². The summed E-state index contributed by atoms with van der Waals surface area (Å²) in [5.41, 5.74) is 9.45. The first kappa shape index (κ1) is 31.4. The molecule has 45 heavy (non-hydrogen) atoms. The Morgan fingerprint density at radius 2 is 1.56 bits per heavy atom. The Labute approximate surface area is 262 Å². The summed E-state index contributed by atoms with van der Waals surface area (Å²) in [6.07, 6.45) is 0. The van der Waals surface area contributed by atoms with E-state index >= 15 is 0 Å². The highest BCUT2D eigenvalue weighted by Gasteiger charge is 2.39. The number of esters is 2. The number of rotatable bonds is 10. The van der Waals surface area contributed by atoms with Gasteiger partial charge < -0.3 is 20.5 Å². The van der Waals surface area contributed by atoms with Gasteiger partial charge in [0.25, 0.3) is 5.69 Å². The van der Waals surface area contributed by atoms with Gasteiger partial charge in [-0.25, -0.2) is 9.59 Å². The lowest BCUT2D eigenvalue weighted by Gasteiger charge is -2.39. The summed E-state index contributed by atoms with van der Waals surface area (Å²) in [6, 6.07) is 26.9. The van der Waals surface area contributed by atoms with Crippen molar-refractivity contribution in [3.63, 3.8) is 0 Å². The van der Waals surface area contributed by atoms with Gasteiger partial charge >= 0.3 is 11.9 Å². The maximum atomic E-state index is 13.5. The summed E-state index contributed by atoms with van der Waals surface area (Å²) in [4.78, 5) is 42.1. The van der Waals surface area contributed by atoms with Crippen LogP contribution in [0.25, 0.3) is 0 Å². The van der Waals surface area contributed by atoms with Crippen molar-refractivity contribution in [2.75, 3.05) is 46.4 Å². The molecule has 11 nitrogen and oxygen atoms in total. The van der Waals surface area contributed by atoms with Crippen LogP contribution in [0.3, 0.4) is 0 Å². The molecule has 2 aliphatic heterocycles. The predicted octanol–water partition coefficient (Wildman–Crippen LogP) is 3.85. The van der Waals surface area contributed by atoms with Gasteiger partial charge in [-0.05, 0) is 23.6 Å². The number of piperazine rings is 1. The van der Waals surface area contributed by atoms with Crippen molar-refractivity contribution < 1.29 is 24.0 Å². The van der Waals surface area contributed by atoms with Crippen LogP contribution in [0.4, 0.5) is 5.69 Å². The summed E-state index contributed by atoms with van der Waals surface area (Å²) in [6.45, 7) is 5.52. The first-order valence-electron chi connectivity index (χ1n) is 14.8. The number of nitro groups is 1. The highest BCUT2D eigenvalue weighted by Crippen LogP contribution is 2.39. The number of nitrogens with zero attached hydrogens (tertiary/aromatic N) is 3. The number of benzene rings is 3. The number of methoxy groups -OCH3 is 1. The van der Waals surface area contributed by atoms with Crippen LogP contribution in [-0.2, 0) is 19.1 Å². The minimum atomic E-state index is -1.01. The van der Waals surface area contributed by atoms with Crippen molar-refractivity contribution in [2.24, 2.45) is 5.73 Å². The molecule has 0 aromatic heterocycles. The number of dihydropyridines is 1. The maximum Gasteiger partial charge on any atom is 0.338 e. The number of hydrogen-bond acceptors (Lipinski definition) is 10. The van der Waals surface area contributed by atoms with Crippen LogP contribution in [-0.4, -0.2) is 73.1 Å². The summed E-state index contributed by atoms with van der Waals surface area (Å²) in [5.74, 6) is -2.39. The lowest BCUT2D eigenvalue weighted by atomic mass is 9.81. The van der Waals surface area contributed by atoms with Gasteiger partial charge in [0, 0.05) is 50.6 Å². The second-order valence-electron chi connectivity index (χ2n) is 11.0. The van der Waals surface area contributed by atoms with Crippen LogP contribution in [0.5, 0.6) is 0 Å². The Balaban J connectivity index is 1.26. The fourth-order valence-electron chi connectivity index (χ4n) is 6.09. The second-order valence-corrected chi connectivity index (χ2v) is 11.0. The third-order valence-electron chi connectivity index (χ3n) is 8.28. The molecule has 0 bridgehead atoms. The Kier molecular flexibility index (Phi) is 9.91. The van der Waals surface area contributed by atoms with Gasteiger partial charge in [-0.3, -0.25) is 19.9 Å². The average Bonchev–Trinajstić information content (AvgIpc) is 3.06. The first-order valence-corrected chi connectivity index (χ1v) is 14.8. The van der Waals surface area contributed by atoms with Crippen LogP contribution in [0.1, 0.15) is 35.6 Å². The number of ether oxygens (including phenoxy) is 2. The summed E-state index contributed by atoms with van der Waals surface area (Å²) in [7, 11) is 1.23. The van der Waals surface area contributed by atoms with Crippen molar-refractivity contribution in [3.8, 4) is 0 Å². The Morgan fingerprint density at radius 3 is 2.13 bits per heavy atom. The van der Waals surface area contributed by atoms with E-state index in [1.54, 1.807) is 13.0 Å². The Hall–Kier alpha value is -5.00. The fourth-order valence-corrected chi connectivity index (χ4v) is 6.09. The minimum Gasteiger partial charge on any atom is -0.466 e. The maximum absolute atomic E-state index is 13.5. The second kappa shape index (κ2) is 14.2. The van der Waals surface area contributed by atoms with E-state index in [1.165, 1.54) is 36.4 Å². The van der Waals surface area contributed by atoms with Gasteiger partial charge in [0.15, 0.2) is 0 Å². The summed E-state index contributed by atoms with van der Waals surface area (Å²) >= 11 is 0. The van der Waals surface area contributed by atoms with Crippen molar-refractivity contribution in [1.29, 1.82) is 0 Å². The molecule has 0 saturated carbocycles. The number of carbonyl (C=O) groups is 2. The monoisotopic (exact) mass is 611 g/mol. The molecule has 0 amide bonds. The van der Waals surface area contributed by atoms with Crippen LogP contribution >= 0.6 is 0 Å². The largest absolute Gasteiger partial charge is 0.466 e. The summed E-state index contributed by atoms with van der Waals surface area (Å²) in [5, 5.41) is 14.4. The molecule has 3 N–H and O–H groups in total. The minimum absolute atomic E-state index is 0.000110. The first-order chi connectivity index (χ1) is 21.8. The molecule has 2 aliphatic rings. The van der Waals surface area contributed by atoms with E-state index in [0.29, 0.717) is 17.8 Å². The van der Waals surface area contributed by atoms with Gasteiger partial charge in [-0.15, -0.1) is 0 Å². The molecule has 234 valence electrons. The third-order valence-corrected chi connectivity index (χ3v) is 8.28. The van der Waals surface area contributed by atoms with Gasteiger partial charge in [0.2, 0.25) is 0 Å². The van der Waals surface area contributed by atoms with Crippen molar-refractivity contribution >= 4 is 17.6 Å². The average molecular weight is 612 g/mol. The molecule has 3 aromatic carbocycles. The highest BCUT2D eigenvalue weighted by molar-refractivity contribution is 5.99. The van der Waals surface area contributed by atoms with Crippen LogP contribution in [0, 0.1) is 10.1 Å². The molecule has 1 atom stereocenters. The van der Waals surface area contributed by atoms with E-state index in [1.807, 2.05) is 12.1 Å². The van der Waals surface area contributed by atoms with E-state index in [4.69, 9.17) is 15.2 Å². The molecule has 5 rings (SSSR count). The molecule has 0 spiro atoms. The quantitative estimate of drug-likeness (QED) is 0.197. The van der Waals surface area contributed by atoms with E-state index < -0.39 is 22.8 Å². The third kappa shape index (κ3) is 7.05. The molecule has 2 heterocycles. The van der Waals surface area contributed by atoms with Gasteiger partial charge in [0.05, 0.1) is 35.1 Å². The molecule has 11 heteroatoms. The standard InChI is InChI=1S/C34H37N5O6/c1-23-28(33(40)44-2)29(26-14-9-15-27(22-26)39(42)43)30(32(35)36-23)34(41)45-21-20-37-16-18-38(19-17-37)31(24-10-5-3-6-11-24)25-12-7-4-8-13-25/h3-15,22,29,31,36H,16-21,35H2,1-2H3. The SMILES string of the molecule is COC(=O)C1=C(C)NC(N)=C(C(=O)OCCN2CCN(C(c3ccccc3)c3ccccc3)CC2)C1c1cccc([N+](=O)[O-])c1. The topological polar surface area (TPSA) is 140 Å². The van der Waals surface area contributed by atoms with Gasteiger partial charge in [0.1, 0.15) is 12.4 Å². The van der Waals surface area contributed by atoms with Crippen molar-refractivity contribution in [1.82, 2.24) is 15.1 Å². The van der Waals surface area contributed by atoms with Crippen LogP contribution in [0.15, 0.2) is 108 Å². The zero-order valence-corrected chi connectivity index (χ0v) is 25.3. The molecular formula is C34H37N5O6. The summed E-state index contributed by atoms with van der Waals surface area (Å²) < 4.78 is 10.7. The van der Waals surface area contributed by atoms with Crippen LogP contribution < -0.4 is 11.1 Å². The molecule has 1 fully saturated rings. The van der Waals surface area contributed by atoms with Gasteiger partial charge in [-0.2, -0.15) is 0 Å². The number of allylic oxidation sites excluding steroid dienone is 1. The normalized spacial score (nSPS) is 17.6.